The molecule has 1 rings (SSSR count). The number of rotatable bonds is 4. The van der Waals surface area contributed by atoms with Crippen LogP contribution in [0.3, 0.4) is 0 Å². The van der Waals surface area contributed by atoms with Gasteiger partial charge < -0.3 is 10.5 Å². The second-order valence-corrected chi connectivity index (χ2v) is 3.59. The lowest BCUT2D eigenvalue weighted by Gasteiger charge is -2.10. The Bertz CT molecular complexity index is 427. The van der Waals surface area contributed by atoms with Crippen LogP contribution in [0, 0.1) is 0 Å². The first kappa shape index (κ1) is 13.8. The van der Waals surface area contributed by atoms with Crippen LogP contribution in [0.2, 0.25) is 5.15 Å². The van der Waals surface area contributed by atoms with Gasteiger partial charge in [0.25, 0.3) is 6.43 Å². The van der Waals surface area contributed by atoms with Gasteiger partial charge in [-0.05, 0) is 11.6 Å². The SMILES string of the molecule is COC(=O)Cc1cc(CN)c(C(F)F)c(Cl)n1. The number of carbonyl (C=O) groups is 1. The lowest BCUT2D eigenvalue weighted by atomic mass is 10.1. The van der Waals surface area contributed by atoms with Crippen molar-refractivity contribution in [2.24, 2.45) is 5.73 Å². The fourth-order valence-electron chi connectivity index (χ4n) is 1.34. The largest absolute Gasteiger partial charge is 0.469 e. The van der Waals surface area contributed by atoms with Crippen LogP contribution in [0.1, 0.15) is 23.2 Å². The Morgan fingerprint density at radius 2 is 2.29 bits per heavy atom. The van der Waals surface area contributed by atoms with Crippen LogP contribution in [-0.4, -0.2) is 18.1 Å². The molecule has 0 aliphatic carbocycles. The number of methoxy groups -OCH3 is 1. The Morgan fingerprint density at radius 3 is 2.76 bits per heavy atom. The molecule has 0 fully saturated rings. The van der Waals surface area contributed by atoms with Crippen LogP contribution in [0.15, 0.2) is 6.07 Å². The topological polar surface area (TPSA) is 65.2 Å². The van der Waals surface area contributed by atoms with Crippen molar-refractivity contribution in [3.05, 3.63) is 28.0 Å². The van der Waals surface area contributed by atoms with Gasteiger partial charge in [-0.1, -0.05) is 11.6 Å². The molecule has 0 bridgehead atoms. The Balaban J connectivity index is 3.13. The molecule has 0 spiro atoms. The minimum atomic E-state index is -2.75. The summed E-state index contributed by atoms with van der Waals surface area (Å²) in [4.78, 5) is 14.7. The number of hydrogen-bond donors (Lipinski definition) is 1. The summed E-state index contributed by atoms with van der Waals surface area (Å²) in [6.45, 7) is -0.101. The molecular weight excluding hydrogens is 254 g/mol. The second-order valence-electron chi connectivity index (χ2n) is 3.23. The summed E-state index contributed by atoms with van der Waals surface area (Å²) in [5, 5.41) is -0.332. The van der Waals surface area contributed by atoms with Gasteiger partial charge in [-0.2, -0.15) is 0 Å². The van der Waals surface area contributed by atoms with E-state index in [1.165, 1.54) is 13.2 Å². The number of hydrogen-bond acceptors (Lipinski definition) is 4. The normalized spacial score (nSPS) is 10.7. The summed E-state index contributed by atoms with van der Waals surface area (Å²) in [6, 6.07) is 1.34. The van der Waals surface area contributed by atoms with Crippen LogP contribution >= 0.6 is 11.6 Å². The van der Waals surface area contributed by atoms with Gasteiger partial charge in [0.1, 0.15) is 5.15 Å². The van der Waals surface area contributed by atoms with Crippen LogP contribution in [0.5, 0.6) is 0 Å². The maximum atomic E-state index is 12.7. The van der Waals surface area contributed by atoms with Crippen molar-refractivity contribution in [2.75, 3.05) is 7.11 Å². The summed E-state index contributed by atoms with van der Waals surface area (Å²) in [6.07, 6.45) is -2.88. The number of esters is 1. The van der Waals surface area contributed by atoms with E-state index in [0.717, 1.165) is 0 Å². The highest BCUT2D eigenvalue weighted by molar-refractivity contribution is 6.30. The number of alkyl halides is 2. The molecule has 7 heteroatoms. The Labute approximate surface area is 102 Å². The molecule has 4 nitrogen and oxygen atoms in total. The predicted octanol–water partition coefficient (Wildman–Crippen LogP) is 1.85. The zero-order valence-corrected chi connectivity index (χ0v) is 9.80. The van der Waals surface area contributed by atoms with E-state index in [1.807, 2.05) is 0 Å². The Hall–Kier alpha value is -1.27. The molecule has 1 heterocycles. The fraction of sp³-hybridized carbons (Fsp3) is 0.400. The van der Waals surface area contributed by atoms with Crippen molar-refractivity contribution in [3.8, 4) is 0 Å². The van der Waals surface area contributed by atoms with Crippen molar-refractivity contribution in [2.45, 2.75) is 19.4 Å². The molecule has 0 radical (unpaired) electrons. The minimum absolute atomic E-state index is 0.101. The quantitative estimate of drug-likeness (QED) is 0.666. The van der Waals surface area contributed by atoms with Crippen LogP contribution < -0.4 is 5.73 Å². The first-order chi connectivity index (χ1) is 7.99. The monoisotopic (exact) mass is 264 g/mol. The average Bonchev–Trinajstić information content (AvgIpc) is 2.27. The molecule has 17 heavy (non-hydrogen) atoms. The smallest absolute Gasteiger partial charge is 0.311 e. The predicted molar refractivity (Wildman–Crippen MR) is 57.8 cm³/mol. The maximum Gasteiger partial charge on any atom is 0.311 e. The van der Waals surface area contributed by atoms with Gasteiger partial charge in [0.2, 0.25) is 0 Å². The van der Waals surface area contributed by atoms with E-state index in [0.29, 0.717) is 0 Å². The molecule has 0 amide bonds. The molecule has 94 valence electrons. The fourth-order valence-corrected chi connectivity index (χ4v) is 1.65. The Kier molecular flexibility index (Phi) is 4.77. The van der Waals surface area contributed by atoms with E-state index in [1.54, 1.807) is 0 Å². The van der Waals surface area contributed by atoms with E-state index in [2.05, 4.69) is 9.72 Å². The number of carbonyl (C=O) groups excluding carboxylic acids is 1. The number of aromatic nitrogens is 1. The third kappa shape index (κ3) is 3.34. The second kappa shape index (κ2) is 5.88. The number of nitrogens with zero attached hydrogens (tertiary/aromatic N) is 1. The lowest BCUT2D eigenvalue weighted by Crippen LogP contribution is -2.10. The Morgan fingerprint density at radius 1 is 1.65 bits per heavy atom. The summed E-state index contributed by atoms with van der Waals surface area (Å²) >= 11 is 5.64. The van der Waals surface area contributed by atoms with Gasteiger partial charge >= 0.3 is 5.97 Å². The van der Waals surface area contributed by atoms with Crippen molar-refractivity contribution in [1.82, 2.24) is 4.98 Å². The van der Waals surface area contributed by atoms with Crippen molar-refractivity contribution >= 4 is 17.6 Å². The van der Waals surface area contributed by atoms with Crippen LogP contribution in [0.4, 0.5) is 8.78 Å². The minimum Gasteiger partial charge on any atom is -0.469 e. The third-order valence-corrected chi connectivity index (χ3v) is 2.43. The van der Waals surface area contributed by atoms with E-state index in [-0.39, 0.29) is 34.9 Å². The zero-order chi connectivity index (χ0) is 13.0. The molecule has 0 atom stereocenters. The molecule has 0 saturated carbocycles. The van der Waals surface area contributed by atoms with Gasteiger partial charge in [0.05, 0.1) is 24.8 Å². The molecule has 1 aromatic heterocycles. The summed E-state index contributed by atoms with van der Waals surface area (Å²) in [5.74, 6) is -0.527. The molecule has 2 N–H and O–H groups in total. The standard InChI is InChI=1S/C10H11ClF2N2O2/c1-17-7(16)3-6-2-5(4-14)8(10(12)13)9(11)15-6/h2,10H,3-4,14H2,1H3. The number of pyridine rings is 1. The molecule has 0 unspecified atom stereocenters. The van der Waals surface area contributed by atoms with E-state index in [4.69, 9.17) is 17.3 Å². The van der Waals surface area contributed by atoms with Gasteiger partial charge in [-0.3, -0.25) is 4.79 Å². The molecule has 1 aromatic rings. The van der Waals surface area contributed by atoms with Gasteiger partial charge in [0, 0.05) is 6.54 Å². The molecule has 0 aliphatic heterocycles. The number of halogens is 3. The number of ether oxygens (including phenoxy) is 1. The average molecular weight is 265 g/mol. The van der Waals surface area contributed by atoms with Gasteiger partial charge in [-0.15, -0.1) is 0 Å². The highest BCUT2D eigenvalue weighted by atomic mass is 35.5. The highest BCUT2D eigenvalue weighted by Gasteiger charge is 2.19. The van der Waals surface area contributed by atoms with Gasteiger partial charge in [-0.25, -0.2) is 13.8 Å². The summed E-state index contributed by atoms with van der Waals surface area (Å²) in [5.41, 5.74) is 5.40. The summed E-state index contributed by atoms with van der Waals surface area (Å²) < 4.78 is 29.8. The lowest BCUT2D eigenvalue weighted by molar-refractivity contribution is -0.139. The third-order valence-electron chi connectivity index (χ3n) is 2.14. The molecule has 0 aromatic carbocycles. The summed E-state index contributed by atoms with van der Waals surface area (Å²) in [7, 11) is 1.22. The van der Waals surface area contributed by atoms with Gasteiger partial charge in [0.15, 0.2) is 0 Å². The molecule has 0 aliphatic rings. The van der Waals surface area contributed by atoms with Crippen LogP contribution in [0.25, 0.3) is 0 Å². The van der Waals surface area contributed by atoms with E-state index >= 15 is 0 Å². The highest BCUT2D eigenvalue weighted by Crippen LogP contribution is 2.29. The van der Waals surface area contributed by atoms with E-state index in [9.17, 15) is 13.6 Å². The first-order valence-corrected chi connectivity index (χ1v) is 5.10. The van der Waals surface area contributed by atoms with Crippen molar-refractivity contribution in [3.63, 3.8) is 0 Å². The zero-order valence-electron chi connectivity index (χ0n) is 9.04. The van der Waals surface area contributed by atoms with Crippen molar-refractivity contribution < 1.29 is 18.3 Å². The maximum absolute atomic E-state index is 12.7. The first-order valence-electron chi connectivity index (χ1n) is 4.72. The van der Waals surface area contributed by atoms with E-state index < -0.39 is 12.4 Å². The molecular formula is C10H11ClF2N2O2. The van der Waals surface area contributed by atoms with Crippen molar-refractivity contribution in [1.29, 1.82) is 0 Å². The van der Waals surface area contributed by atoms with Crippen LogP contribution in [-0.2, 0) is 22.5 Å². The number of nitrogens with two attached hydrogens (primary N) is 1. The molecule has 0 saturated heterocycles.